The van der Waals surface area contributed by atoms with Gasteiger partial charge in [-0.3, -0.25) is 9.78 Å². The molecule has 0 unspecified atom stereocenters. The van der Waals surface area contributed by atoms with Gasteiger partial charge in [-0.05, 0) is 32.6 Å². The van der Waals surface area contributed by atoms with Gasteiger partial charge in [0.1, 0.15) is 5.69 Å². The second-order valence-electron chi connectivity index (χ2n) is 6.54. The fourth-order valence-corrected chi connectivity index (χ4v) is 3.58. The minimum atomic E-state index is 0.00837. The quantitative estimate of drug-likeness (QED) is 0.845. The molecule has 3 rings (SSSR count). The Morgan fingerprint density at radius 1 is 1.09 bits per heavy atom. The third-order valence-electron chi connectivity index (χ3n) is 5.08. The molecule has 0 bridgehead atoms. The molecule has 0 radical (unpaired) electrons. The predicted octanol–water partition coefficient (Wildman–Crippen LogP) is 1.50. The molecule has 0 spiro atoms. The molecule has 2 aliphatic rings. The van der Waals surface area contributed by atoms with Gasteiger partial charge in [0.15, 0.2) is 0 Å². The van der Waals surface area contributed by atoms with Gasteiger partial charge in [-0.15, -0.1) is 0 Å². The average molecular weight is 318 g/mol. The van der Waals surface area contributed by atoms with E-state index in [9.17, 15) is 4.79 Å². The maximum Gasteiger partial charge on any atom is 0.274 e. The van der Waals surface area contributed by atoms with E-state index in [1.807, 2.05) is 11.8 Å². The summed E-state index contributed by atoms with van der Waals surface area (Å²) < 4.78 is 5.44. The molecule has 0 aromatic carbocycles. The SMILES string of the molecule is COC1CCN(C2CCN(C(=O)c3cnc(C)cn3)CC2)CC1. The Kier molecular flexibility index (Phi) is 5.23. The van der Waals surface area contributed by atoms with E-state index in [1.54, 1.807) is 19.5 Å². The number of ether oxygens (including phenoxy) is 1. The molecule has 3 heterocycles. The van der Waals surface area contributed by atoms with E-state index < -0.39 is 0 Å². The second-order valence-corrected chi connectivity index (χ2v) is 6.54. The van der Waals surface area contributed by atoms with Crippen LogP contribution >= 0.6 is 0 Å². The summed E-state index contributed by atoms with van der Waals surface area (Å²) in [7, 11) is 1.80. The first-order valence-corrected chi connectivity index (χ1v) is 8.52. The normalized spacial score (nSPS) is 21.6. The van der Waals surface area contributed by atoms with E-state index in [-0.39, 0.29) is 5.91 Å². The Morgan fingerprint density at radius 2 is 1.78 bits per heavy atom. The summed E-state index contributed by atoms with van der Waals surface area (Å²) in [5.74, 6) is 0.00837. The summed E-state index contributed by atoms with van der Waals surface area (Å²) >= 11 is 0. The van der Waals surface area contributed by atoms with Gasteiger partial charge < -0.3 is 14.5 Å². The molecule has 2 fully saturated rings. The lowest BCUT2D eigenvalue weighted by molar-refractivity contribution is 0.0144. The molecule has 2 saturated heterocycles. The molecule has 0 saturated carbocycles. The summed E-state index contributed by atoms with van der Waals surface area (Å²) in [4.78, 5) is 25.3. The van der Waals surface area contributed by atoms with E-state index in [0.717, 1.165) is 57.6 Å². The van der Waals surface area contributed by atoms with Gasteiger partial charge in [-0.1, -0.05) is 0 Å². The highest BCUT2D eigenvalue weighted by atomic mass is 16.5. The molecule has 23 heavy (non-hydrogen) atoms. The van der Waals surface area contributed by atoms with Gasteiger partial charge in [0.25, 0.3) is 5.91 Å². The number of methoxy groups -OCH3 is 1. The van der Waals surface area contributed by atoms with Crippen molar-refractivity contribution in [2.45, 2.75) is 44.8 Å². The number of nitrogens with zero attached hydrogens (tertiary/aromatic N) is 4. The van der Waals surface area contributed by atoms with Crippen molar-refractivity contribution in [1.29, 1.82) is 0 Å². The van der Waals surface area contributed by atoms with Crippen LogP contribution in [0.3, 0.4) is 0 Å². The lowest BCUT2D eigenvalue weighted by atomic mass is 9.98. The Hall–Kier alpha value is -1.53. The van der Waals surface area contributed by atoms with Gasteiger partial charge in [0, 0.05) is 45.5 Å². The van der Waals surface area contributed by atoms with E-state index in [2.05, 4.69) is 14.9 Å². The molecule has 0 N–H and O–H groups in total. The number of carbonyl (C=O) groups is 1. The van der Waals surface area contributed by atoms with Crippen LogP contribution in [0.2, 0.25) is 0 Å². The van der Waals surface area contributed by atoms with Crippen molar-refractivity contribution >= 4 is 5.91 Å². The second kappa shape index (κ2) is 7.36. The van der Waals surface area contributed by atoms with Crippen molar-refractivity contribution in [3.05, 3.63) is 23.8 Å². The molecule has 6 nitrogen and oxygen atoms in total. The summed E-state index contributed by atoms with van der Waals surface area (Å²) in [6.07, 6.45) is 7.99. The van der Waals surface area contributed by atoms with Crippen LogP contribution in [0.1, 0.15) is 41.9 Å². The van der Waals surface area contributed by atoms with Crippen molar-refractivity contribution in [1.82, 2.24) is 19.8 Å². The molecular formula is C17H26N4O2. The van der Waals surface area contributed by atoms with Gasteiger partial charge >= 0.3 is 0 Å². The predicted molar refractivity (Wildman–Crippen MR) is 87.3 cm³/mol. The fourth-order valence-electron chi connectivity index (χ4n) is 3.58. The Balaban J connectivity index is 1.50. The van der Waals surface area contributed by atoms with Crippen LogP contribution in [0.5, 0.6) is 0 Å². The molecule has 126 valence electrons. The van der Waals surface area contributed by atoms with E-state index in [1.165, 1.54) is 0 Å². The maximum atomic E-state index is 12.5. The Morgan fingerprint density at radius 3 is 2.35 bits per heavy atom. The average Bonchev–Trinajstić information content (AvgIpc) is 2.62. The van der Waals surface area contributed by atoms with E-state index in [0.29, 0.717) is 17.8 Å². The number of hydrogen-bond donors (Lipinski definition) is 0. The fraction of sp³-hybridized carbons (Fsp3) is 0.706. The molecular weight excluding hydrogens is 292 g/mol. The first kappa shape index (κ1) is 16.3. The largest absolute Gasteiger partial charge is 0.381 e. The number of likely N-dealkylation sites (tertiary alicyclic amines) is 2. The molecule has 6 heteroatoms. The first-order chi connectivity index (χ1) is 11.2. The zero-order valence-corrected chi connectivity index (χ0v) is 14.1. The number of hydrogen-bond acceptors (Lipinski definition) is 5. The zero-order valence-electron chi connectivity index (χ0n) is 14.1. The highest BCUT2D eigenvalue weighted by Gasteiger charge is 2.30. The number of piperidine rings is 2. The number of carbonyl (C=O) groups excluding carboxylic acids is 1. The number of rotatable bonds is 3. The van der Waals surface area contributed by atoms with Crippen LogP contribution in [0.4, 0.5) is 0 Å². The van der Waals surface area contributed by atoms with Crippen LogP contribution < -0.4 is 0 Å². The highest BCUT2D eigenvalue weighted by molar-refractivity contribution is 5.92. The monoisotopic (exact) mass is 318 g/mol. The maximum absolute atomic E-state index is 12.5. The molecule has 1 aromatic rings. The standard InChI is InChI=1S/C17H26N4O2/c1-13-11-19-16(12-18-13)17(22)21-7-3-14(4-8-21)20-9-5-15(23-2)6-10-20/h11-12,14-15H,3-10H2,1-2H3. The molecule has 1 amide bonds. The lowest BCUT2D eigenvalue weighted by Crippen LogP contribution is -2.49. The summed E-state index contributed by atoms with van der Waals surface area (Å²) in [6, 6.07) is 0.598. The van der Waals surface area contributed by atoms with Crippen molar-refractivity contribution in [2.75, 3.05) is 33.3 Å². The topological polar surface area (TPSA) is 58.6 Å². The molecule has 1 aromatic heterocycles. The zero-order chi connectivity index (χ0) is 16.2. The van der Waals surface area contributed by atoms with Crippen molar-refractivity contribution < 1.29 is 9.53 Å². The minimum Gasteiger partial charge on any atom is -0.381 e. The number of aromatic nitrogens is 2. The van der Waals surface area contributed by atoms with Gasteiger partial charge in [0.2, 0.25) is 0 Å². The third-order valence-corrected chi connectivity index (χ3v) is 5.08. The summed E-state index contributed by atoms with van der Waals surface area (Å²) in [5, 5.41) is 0. The minimum absolute atomic E-state index is 0.00837. The van der Waals surface area contributed by atoms with Crippen LogP contribution in [0, 0.1) is 6.92 Å². The summed E-state index contributed by atoms with van der Waals surface area (Å²) in [5.41, 5.74) is 1.29. The van der Waals surface area contributed by atoms with Crippen LogP contribution in [-0.4, -0.2) is 71.1 Å². The van der Waals surface area contributed by atoms with Crippen molar-refractivity contribution in [3.8, 4) is 0 Å². The van der Waals surface area contributed by atoms with Crippen LogP contribution in [0.15, 0.2) is 12.4 Å². The smallest absolute Gasteiger partial charge is 0.274 e. The van der Waals surface area contributed by atoms with Gasteiger partial charge in [0.05, 0.1) is 18.0 Å². The van der Waals surface area contributed by atoms with E-state index >= 15 is 0 Å². The Bertz CT molecular complexity index is 518. The third kappa shape index (κ3) is 3.87. The van der Waals surface area contributed by atoms with Crippen molar-refractivity contribution in [2.24, 2.45) is 0 Å². The molecule has 0 atom stereocenters. The van der Waals surface area contributed by atoms with Crippen LogP contribution in [-0.2, 0) is 4.74 Å². The number of amides is 1. The first-order valence-electron chi connectivity index (χ1n) is 8.52. The Labute approximate surface area is 137 Å². The summed E-state index contributed by atoms with van der Waals surface area (Å²) in [6.45, 7) is 5.72. The number of aryl methyl sites for hydroxylation is 1. The van der Waals surface area contributed by atoms with Crippen molar-refractivity contribution in [3.63, 3.8) is 0 Å². The lowest BCUT2D eigenvalue weighted by Gasteiger charge is -2.41. The van der Waals surface area contributed by atoms with Gasteiger partial charge in [-0.25, -0.2) is 4.98 Å². The van der Waals surface area contributed by atoms with E-state index in [4.69, 9.17) is 4.74 Å². The van der Waals surface area contributed by atoms with Crippen LogP contribution in [0.25, 0.3) is 0 Å². The highest BCUT2D eigenvalue weighted by Crippen LogP contribution is 2.22. The molecule has 2 aliphatic heterocycles. The van der Waals surface area contributed by atoms with Gasteiger partial charge in [-0.2, -0.15) is 0 Å². The molecule has 0 aliphatic carbocycles.